The lowest BCUT2D eigenvalue weighted by molar-refractivity contribution is -0.136. The van der Waals surface area contributed by atoms with Gasteiger partial charge in [-0.1, -0.05) is 23.6 Å². The van der Waals surface area contributed by atoms with Gasteiger partial charge in [0.1, 0.15) is 0 Å². The average molecular weight is 1170 g/mol. The molecule has 1 amide bonds. The average Bonchev–Trinajstić information content (AvgIpc) is 1.93. The van der Waals surface area contributed by atoms with Gasteiger partial charge in [0.05, 0.1) is 60.8 Å². The molecule has 15 nitrogen and oxygen atoms in total. The van der Waals surface area contributed by atoms with Crippen LogP contribution in [0.5, 0.6) is 0 Å². The van der Waals surface area contributed by atoms with Gasteiger partial charge in [0.25, 0.3) is 0 Å². The van der Waals surface area contributed by atoms with E-state index in [2.05, 4.69) is 147 Å². The molecule has 4 N–H and O–H groups in total. The molecule has 4 heterocycles. The molecule has 2 aromatic heterocycles. The summed E-state index contributed by atoms with van der Waals surface area (Å²) in [6.45, 7) is 8.12. The molecule has 4 aromatic rings. The van der Waals surface area contributed by atoms with Gasteiger partial charge < -0.3 is 24.5 Å². The van der Waals surface area contributed by atoms with Crippen molar-refractivity contribution in [3.05, 3.63) is 206 Å². The van der Waals surface area contributed by atoms with Crippen molar-refractivity contribution in [2.24, 2.45) is 14.1 Å². The van der Waals surface area contributed by atoms with E-state index in [4.69, 9.17) is 90.2 Å². The standard InChI is InChI=1S/C21H4.C15H18N4O3S.C9H12N2O2S.C6H8N2O2.B21/c1-3-5-7-9-11-13-15-17-19-21-20-18-16-14-12-10-8-6-4-2;1-18-9-13(16-10-18)8-15(20)19-6-5-11-3-4-12(7-14(11)19)17-23(2,21)22;1-14(12,13)11-8-3-2-7-4-5-10-9(7)6-8;1-8-3-5(7-4-8)2-6(9)10;1-12-18(13(2)3)21(19(14(4)5)15(6)7)20(16(8)9)17(10)11/h1-2H2;3-4,7,9-10,17H,5-6,8H2,1-2H3;2-3,6,10-11H,4-5H2,1H3;3-4H,2H2,1H3,(H,9,10);. The zero-order chi connectivity index (χ0) is 66.7. The summed E-state index contributed by atoms with van der Waals surface area (Å²) in [5.41, 5.74) is 53.4. The van der Waals surface area contributed by atoms with Crippen LogP contribution in [0.25, 0.3) is 0 Å². The van der Waals surface area contributed by atoms with Crippen molar-refractivity contribution >= 4 is 204 Å². The first-order valence-corrected chi connectivity index (χ1v) is 30.1. The molecule has 23 radical (unpaired) electrons. The largest absolute Gasteiger partial charge is 0.481 e. The van der Waals surface area contributed by atoms with Crippen molar-refractivity contribution in [2.75, 3.05) is 45.3 Å². The summed E-state index contributed by atoms with van der Waals surface area (Å²) in [6.07, 6.45) is 4.22. The number of anilines is 4. The van der Waals surface area contributed by atoms with E-state index in [0.29, 0.717) is 23.6 Å². The predicted octanol–water partition coefficient (Wildman–Crippen LogP) is -2.25. The van der Waals surface area contributed by atoms with Gasteiger partial charge >= 0.3 is 5.97 Å². The minimum atomic E-state index is -3.34. The van der Waals surface area contributed by atoms with Gasteiger partial charge in [-0.15, -0.1) is 0 Å². The molecule has 0 fully saturated rings. The number of aliphatic carboxylic acids is 1. The highest BCUT2D eigenvalue weighted by molar-refractivity contribution is 8.20. The summed E-state index contributed by atoms with van der Waals surface area (Å²) in [5.74, 6) is -0.891. The molecule has 2 aromatic carbocycles. The van der Waals surface area contributed by atoms with Crippen LogP contribution in [0.4, 0.5) is 22.7 Å². The van der Waals surface area contributed by atoms with Crippen LogP contribution in [0.3, 0.4) is 0 Å². The fraction of sp³-hybridized carbons (Fsp3) is 0.196. The summed E-state index contributed by atoms with van der Waals surface area (Å²) < 4.78 is 53.1. The smallest absolute Gasteiger partial charge is 0.309 e. The SMILES string of the molecule is C=C=C=C=C=C=C=C=C=C=C=C=C=C=C=C=C=C=C=C=C.CS(=O)(=O)Nc1ccc2c(c1)NCC2.Cn1cnc(CC(=O)N2CCc3ccc(NS(C)(=O)=O)cc32)c1.Cn1cnc(CC(=O)O)c1.[B][B]B(B([B])[B])B(B(B([B])[B])B([B])[B])B(B([B])[B])B([B])[B]. The maximum Gasteiger partial charge on any atom is 0.309 e. The van der Waals surface area contributed by atoms with Crippen molar-refractivity contribution in [3.8, 4) is 0 Å². The number of hydrogen-bond donors (Lipinski definition) is 4. The molecule has 0 unspecified atom stereocenters. The van der Waals surface area contributed by atoms with E-state index in [1.165, 1.54) is 12.6 Å². The predicted molar refractivity (Wildman–Crippen MR) is 378 cm³/mol. The van der Waals surface area contributed by atoms with Gasteiger partial charge in [-0.25, -0.2) is 26.8 Å². The molecule has 2 aliphatic rings. The number of fused-ring (bicyclic) bond motifs is 2. The second-order valence-corrected chi connectivity index (χ2v) is 22.6. The third-order valence-corrected chi connectivity index (χ3v) is 13.1. The van der Waals surface area contributed by atoms with E-state index in [1.807, 2.05) is 31.4 Å². The highest BCUT2D eigenvalue weighted by atomic mass is 32.2. The van der Waals surface area contributed by atoms with Gasteiger partial charge in [0.2, 0.25) is 26.0 Å². The Balaban J connectivity index is 0.000000388. The Morgan fingerprint density at radius 1 is 0.596 bits per heavy atom. The highest BCUT2D eigenvalue weighted by Crippen LogP contribution is 2.32. The minimum absolute atomic E-state index is 0.000833. The number of carbonyl (C=O) groups excluding carboxylic acids is 1. The topological polar surface area (TPSA) is 198 Å². The summed E-state index contributed by atoms with van der Waals surface area (Å²) in [5, 5.41) is 11.5. The number of aromatic nitrogens is 4. The van der Waals surface area contributed by atoms with Gasteiger partial charge in [-0.05, 0) is 153 Å². The molecule has 0 atom stereocenters. The van der Waals surface area contributed by atoms with E-state index in [-0.39, 0.29) is 18.7 Å². The van der Waals surface area contributed by atoms with Crippen molar-refractivity contribution in [1.82, 2.24) is 19.1 Å². The number of carbonyl (C=O) groups is 2. The van der Waals surface area contributed by atoms with E-state index in [1.54, 1.807) is 58.1 Å². The minimum Gasteiger partial charge on any atom is -0.481 e. The molecule has 0 bridgehead atoms. The molecule has 403 valence electrons. The molecule has 89 heavy (non-hydrogen) atoms. The second-order valence-electron chi connectivity index (χ2n) is 19.1. The normalized spacial score (nSPS) is 10.0. The summed E-state index contributed by atoms with van der Waals surface area (Å²) in [6, 6.07) is 10.8. The van der Waals surface area contributed by atoms with E-state index < -0.39 is 83.5 Å². The number of benzene rings is 2. The van der Waals surface area contributed by atoms with Crippen LogP contribution in [0.1, 0.15) is 22.5 Å². The van der Waals surface area contributed by atoms with Crippen LogP contribution in [0.15, 0.2) is 183 Å². The first-order chi connectivity index (χ1) is 42.0. The Morgan fingerprint density at radius 3 is 1.34 bits per heavy atom. The quantitative estimate of drug-likeness (QED) is 0.0663. The molecular weight excluding hydrogens is 1130 g/mol. The van der Waals surface area contributed by atoms with Crippen molar-refractivity contribution in [3.63, 3.8) is 0 Å². The van der Waals surface area contributed by atoms with Crippen LogP contribution in [0.2, 0.25) is 0 Å². The zero-order valence-electron chi connectivity index (χ0n) is 49.5. The first kappa shape index (κ1) is 77.1. The van der Waals surface area contributed by atoms with Crippen LogP contribution in [0, 0.1) is 0 Å². The fourth-order valence-electron chi connectivity index (χ4n) is 8.39. The number of hydrogen-bond acceptors (Lipinski definition) is 9. The summed E-state index contributed by atoms with van der Waals surface area (Å²) in [4.78, 5) is 32.4. The maximum absolute atomic E-state index is 12.5. The Labute approximate surface area is 542 Å². The lowest BCUT2D eigenvalue weighted by atomic mass is 8.38. The van der Waals surface area contributed by atoms with Crippen molar-refractivity contribution in [1.29, 1.82) is 0 Å². The highest BCUT2D eigenvalue weighted by Gasteiger charge is 2.45. The number of rotatable bonds is 17. The molecule has 2 aliphatic heterocycles. The lowest BCUT2D eigenvalue weighted by Gasteiger charge is -2.43. The number of imidazole rings is 2. The molecule has 0 aliphatic carbocycles. The third kappa shape index (κ3) is 31.2. The maximum atomic E-state index is 12.5. The van der Waals surface area contributed by atoms with E-state index >= 15 is 0 Å². The Hall–Kier alpha value is -7.98. The van der Waals surface area contributed by atoms with Crippen LogP contribution in [-0.2, 0) is 69.4 Å². The molecular formula is C51H42B21N8O7S2. The molecule has 38 heteroatoms. The van der Waals surface area contributed by atoms with Crippen LogP contribution in [-0.4, -0.2) is 228 Å². The van der Waals surface area contributed by atoms with Crippen molar-refractivity contribution < 1.29 is 31.5 Å². The van der Waals surface area contributed by atoms with Crippen LogP contribution < -0.4 is 19.7 Å². The van der Waals surface area contributed by atoms with Crippen molar-refractivity contribution in [2.45, 2.75) is 25.7 Å². The summed E-state index contributed by atoms with van der Waals surface area (Å²) in [7, 11) is 61.9. The number of nitrogens with one attached hydrogen (secondary N) is 3. The number of carboxylic acid groups (broad SMARTS) is 1. The van der Waals surface area contributed by atoms with Crippen LogP contribution >= 0.6 is 0 Å². The number of sulfonamides is 2. The molecule has 6 rings (SSSR count). The number of amides is 1. The summed E-state index contributed by atoms with van der Waals surface area (Å²) >= 11 is 0. The second kappa shape index (κ2) is 40.5. The number of aryl methyl sites for hydroxylation is 2. The Kier molecular flexibility index (Phi) is 35.1. The van der Waals surface area contributed by atoms with Gasteiger partial charge in [-0.2, -0.15) is 0 Å². The zero-order valence-corrected chi connectivity index (χ0v) is 51.1. The Morgan fingerprint density at radius 2 is 0.989 bits per heavy atom. The first-order valence-electron chi connectivity index (χ1n) is 26.3. The monoisotopic (exact) mass is 1170 g/mol. The van der Waals surface area contributed by atoms with Gasteiger partial charge in [0, 0.05) is 206 Å². The van der Waals surface area contributed by atoms with Gasteiger partial charge in [0.15, 0.2) is 0 Å². The van der Waals surface area contributed by atoms with E-state index in [9.17, 15) is 26.4 Å². The molecule has 0 spiro atoms. The number of nitrogens with zero attached hydrogens (tertiary/aromatic N) is 5. The fourth-order valence-corrected chi connectivity index (χ4v) is 9.50. The molecule has 0 saturated carbocycles. The number of carboxylic acids is 1. The van der Waals surface area contributed by atoms with E-state index in [0.717, 1.165) is 54.5 Å². The molecule has 0 saturated heterocycles. The Bertz CT molecular complexity index is 4020. The van der Waals surface area contributed by atoms with Gasteiger partial charge in [-0.3, -0.25) is 19.0 Å². The third-order valence-electron chi connectivity index (χ3n) is 11.8. The lowest BCUT2D eigenvalue weighted by Crippen LogP contribution is -2.81.